The van der Waals surface area contributed by atoms with Crippen molar-refractivity contribution in [2.45, 2.75) is 31.9 Å². The molecule has 30 heavy (non-hydrogen) atoms. The Hall–Kier alpha value is -3.19. The van der Waals surface area contributed by atoms with Gasteiger partial charge in [-0.05, 0) is 54.8 Å². The number of rotatable bonds is 6. The normalized spacial score (nSPS) is 22.3. The lowest BCUT2D eigenvalue weighted by molar-refractivity contribution is -0.140. The number of methoxy groups -OCH3 is 1. The lowest BCUT2D eigenvalue weighted by atomic mass is 9.95. The van der Waals surface area contributed by atoms with Crippen LogP contribution in [0.25, 0.3) is 5.76 Å². The van der Waals surface area contributed by atoms with Crippen LogP contribution < -0.4 is 4.74 Å². The molecule has 156 valence electrons. The predicted octanol–water partition coefficient (Wildman–Crippen LogP) is 2.86. The fourth-order valence-corrected chi connectivity index (χ4v) is 4.11. The number of aliphatic hydroxyl groups is 1. The first-order valence-electron chi connectivity index (χ1n) is 9.98. The van der Waals surface area contributed by atoms with E-state index in [-0.39, 0.29) is 17.4 Å². The molecule has 1 amide bonds. The Morgan fingerprint density at radius 3 is 2.77 bits per heavy atom. The summed E-state index contributed by atoms with van der Waals surface area (Å²) in [6, 6.07) is 8.18. The molecule has 1 fully saturated rings. The van der Waals surface area contributed by atoms with Crippen LogP contribution in [0, 0.1) is 0 Å². The van der Waals surface area contributed by atoms with Crippen LogP contribution in [0.3, 0.4) is 0 Å². The molecule has 3 heterocycles. The SMILES string of the molecule is COCCCN1C(=O)C(=O)C(=C(O)c2ccc3c(c2)CC(C)O3)C1c1ccncc1. The molecule has 2 atom stereocenters. The smallest absolute Gasteiger partial charge is 0.295 e. The number of hydrogen-bond acceptors (Lipinski definition) is 6. The number of carbonyl (C=O) groups is 2. The van der Waals surface area contributed by atoms with Crippen molar-refractivity contribution >= 4 is 17.4 Å². The number of amides is 1. The van der Waals surface area contributed by atoms with Crippen molar-refractivity contribution in [1.82, 2.24) is 9.88 Å². The van der Waals surface area contributed by atoms with Crippen LogP contribution in [0.2, 0.25) is 0 Å². The molecular weight excluding hydrogens is 384 g/mol. The largest absolute Gasteiger partial charge is 0.507 e. The van der Waals surface area contributed by atoms with Crippen molar-refractivity contribution in [3.63, 3.8) is 0 Å². The van der Waals surface area contributed by atoms with Gasteiger partial charge in [-0.15, -0.1) is 0 Å². The number of benzene rings is 1. The monoisotopic (exact) mass is 408 g/mol. The summed E-state index contributed by atoms with van der Waals surface area (Å²) >= 11 is 0. The van der Waals surface area contributed by atoms with Gasteiger partial charge in [0.05, 0.1) is 11.6 Å². The summed E-state index contributed by atoms with van der Waals surface area (Å²) < 4.78 is 10.8. The van der Waals surface area contributed by atoms with Crippen LogP contribution >= 0.6 is 0 Å². The lowest BCUT2D eigenvalue weighted by Gasteiger charge is -2.25. The molecule has 1 aromatic carbocycles. The highest BCUT2D eigenvalue weighted by Gasteiger charge is 2.45. The minimum absolute atomic E-state index is 0.0700. The summed E-state index contributed by atoms with van der Waals surface area (Å²) in [5.41, 5.74) is 2.29. The number of carbonyl (C=O) groups excluding carboxylic acids is 2. The summed E-state index contributed by atoms with van der Waals surface area (Å²) in [5, 5.41) is 11.1. The average Bonchev–Trinajstić information content (AvgIpc) is 3.25. The van der Waals surface area contributed by atoms with Gasteiger partial charge in [-0.1, -0.05) is 0 Å². The summed E-state index contributed by atoms with van der Waals surface area (Å²) in [7, 11) is 1.59. The van der Waals surface area contributed by atoms with Crippen molar-refractivity contribution in [2.24, 2.45) is 0 Å². The van der Waals surface area contributed by atoms with E-state index in [1.807, 2.05) is 13.0 Å². The molecule has 1 aromatic heterocycles. The van der Waals surface area contributed by atoms with Gasteiger partial charge >= 0.3 is 0 Å². The van der Waals surface area contributed by atoms with Gasteiger partial charge < -0.3 is 19.5 Å². The molecule has 4 rings (SSSR count). The molecular formula is C23H24N2O5. The van der Waals surface area contributed by atoms with Gasteiger partial charge in [-0.2, -0.15) is 0 Å². The average molecular weight is 408 g/mol. The zero-order valence-electron chi connectivity index (χ0n) is 17.0. The number of pyridine rings is 1. The molecule has 0 bridgehead atoms. The minimum atomic E-state index is -0.683. The van der Waals surface area contributed by atoms with Crippen LogP contribution in [0.15, 0.2) is 48.3 Å². The molecule has 0 radical (unpaired) electrons. The first kappa shape index (κ1) is 20.1. The van der Waals surface area contributed by atoms with Gasteiger partial charge in [-0.3, -0.25) is 14.6 Å². The van der Waals surface area contributed by atoms with Crippen LogP contribution in [0.4, 0.5) is 0 Å². The van der Waals surface area contributed by atoms with Crippen LogP contribution in [0.5, 0.6) is 5.75 Å². The molecule has 0 saturated carbocycles. The van der Waals surface area contributed by atoms with Crippen LogP contribution in [0.1, 0.15) is 36.1 Å². The highest BCUT2D eigenvalue weighted by molar-refractivity contribution is 6.46. The number of Topliss-reactive ketones (excluding diaryl/α,β-unsaturated/α-hetero) is 1. The summed E-state index contributed by atoms with van der Waals surface area (Å²) in [6.07, 6.45) is 4.60. The van der Waals surface area contributed by atoms with Gasteiger partial charge in [0.1, 0.15) is 17.6 Å². The molecule has 1 saturated heterocycles. The van der Waals surface area contributed by atoms with E-state index in [9.17, 15) is 14.7 Å². The van der Waals surface area contributed by atoms with Gasteiger partial charge in [-0.25, -0.2) is 0 Å². The highest BCUT2D eigenvalue weighted by atomic mass is 16.5. The number of ether oxygens (including phenoxy) is 2. The maximum Gasteiger partial charge on any atom is 0.295 e. The Morgan fingerprint density at radius 2 is 2.03 bits per heavy atom. The fourth-order valence-electron chi connectivity index (χ4n) is 4.11. The maximum atomic E-state index is 13.0. The van der Waals surface area contributed by atoms with Crippen LogP contribution in [-0.4, -0.2) is 53.0 Å². The minimum Gasteiger partial charge on any atom is -0.507 e. The second kappa shape index (κ2) is 8.28. The van der Waals surface area contributed by atoms with Crippen molar-refractivity contribution in [1.29, 1.82) is 0 Å². The number of hydrogen-bond donors (Lipinski definition) is 1. The standard InChI is InChI=1S/C23H24N2O5/c1-14-12-17-13-16(4-5-18(17)30-14)21(26)19-20(15-6-8-24-9-7-15)25(10-3-11-29-2)23(28)22(19)27/h4-9,13-14,20,26H,3,10-12H2,1-2H3. The Bertz CT molecular complexity index is 1000. The molecule has 2 aliphatic heterocycles. The third kappa shape index (κ3) is 3.57. The first-order valence-corrected chi connectivity index (χ1v) is 9.98. The maximum absolute atomic E-state index is 13.0. The van der Waals surface area contributed by atoms with Gasteiger partial charge in [0.15, 0.2) is 0 Å². The molecule has 7 heteroatoms. The van der Waals surface area contributed by atoms with Crippen LogP contribution in [-0.2, 0) is 20.7 Å². The second-order valence-electron chi connectivity index (χ2n) is 7.57. The van der Waals surface area contributed by atoms with Crippen molar-refractivity contribution in [3.05, 3.63) is 65.0 Å². The predicted molar refractivity (Wildman–Crippen MR) is 110 cm³/mol. The van der Waals surface area contributed by atoms with Crippen molar-refractivity contribution in [2.75, 3.05) is 20.3 Å². The topological polar surface area (TPSA) is 89.0 Å². The Kier molecular flexibility index (Phi) is 5.55. The van der Waals surface area contributed by atoms with E-state index in [2.05, 4.69) is 4.98 Å². The van der Waals surface area contributed by atoms with Gasteiger partial charge in [0.25, 0.3) is 11.7 Å². The zero-order valence-corrected chi connectivity index (χ0v) is 17.0. The van der Waals surface area contributed by atoms with Gasteiger partial charge in [0, 0.05) is 44.6 Å². The van der Waals surface area contributed by atoms with E-state index in [1.54, 1.807) is 43.8 Å². The number of ketones is 1. The van der Waals surface area contributed by atoms with E-state index in [1.165, 1.54) is 4.90 Å². The summed E-state index contributed by atoms with van der Waals surface area (Å²) in [4.78, 5) is 31.3. The zero-order chi connectivity index (χ0) is 21.3. The third-order valence-electron chi connectivity index (χ3n) is 5.48. The van der Waals surface area contributed by atoms with E-state index in [4.69, 9.17) is 9.47 Å². The number of nitrogens with zero attached hydrogens (tertiary/aromatic N) is 2. The molecule has 2 aromatic rings. The Morgan fingerprint density at radius 1 is 1.27 bits per heavy atom. The van der Waals surface area contributed by atoms with E-state index in [0.29, 0.717) is 25.1 Å². The molecule has 0 aliphatic carbocycles. The van der Waals surface area contributed by atoms with Gasteiger partial charge in [0.2, 0.25) is 0 Å². The number of likely N-dealkylation sites (tertiary alicyclic amines) is 1. The van der Waals surface area contributed by atoms with E-state index < -0.39 is 17.7 Å². The van der Waals surface area contributed by atoms with E-state index in [0.717, 1.165) is 23.3 Å². The Labute approximate surface area is 174 Å². The highest BCUT2D eigenvalue weighted by Crippen LogP contribution is 2.40. The molecule has 2 unspecified atom stereocenters. The molecule has 0 spiro atoms. The lowest BCUT2D eigenvalue weighted by Crippen LogP contribution is -2.31. The molecule has 1 N–H and O–H groups in total. The Balaban J connectivity index is 1.78. The third-order valence-corrected chi connectivity index (χ3v) is 5.48. The molecule has 7 nitrogen and oxygen atoms in total. The molecule has 2 aliphatic rings. The number of aliphatic hydroxyl groups excluding tert-OH is 1. The first-order chi connectivity index (χ1) is 14.5. The van der Waals surface area contributed by atoms with Crippen molar-refractivity contribution in [3.8, 4) is 5.75 Å². The number of fused-ring (bicyclic) bond motifs is 1. The second-order valence-corrected chi connectivity index (χ2v) is 7.57. The summed E-state index contributed by atoms with van der Waals surface area (Å²) in [6.45, 7) is 2.79. The van der Waals surface area contributed by atoms with Crippen molar-refractivity contribution < 1.29 is 24.2 Å². The summed E-state index contributed by atoms with van der Waals surface area (Å²) in [5.74, 6) is -0.694. The fraction of sp³-hybridized carbons (Fsp3) is 0.348. The number of aromatic nitrogens is 1. The van der Waals surface area contributed by atoms with E-state index >= 15 is 0 Å². The quantitative estimate of drug-likeness (QED) is 0.342.